The molecule has 1 aromatic heterocycles. The first-order valence-electron chi connectivity index (χ1n) is 10.7. The van der Waals surface area contributed by atoms with Gasteiger partial charge in [0.15, 0.2) is 0 Å². The Morgan fingerprint density at radius 2 is 1.90 bits per heavy atom. The summed E-state index contributed by atoms with van der Waals surface area (Å²) >= 11 is 0. The monoisotopic (exact) mass is 433 g/mol. The van der Waals surface area contributed by atoms with Crippen LogP contribution in [0, 0.1) is 5.92 Å². The summed E-state index contributed by atoms with van der Waals surface area (Å²) in [6.45, 7) is 3.02. The van der Waals surface area contributed by atoms with Crippen LogP contribution in [0.3, 0.4) is 0 Å². The predicted molar refractivity (Wildman–Crippen MR) is 111 cm³/mol. The number of nitrogens with zero attached hydrogens (tertiary/aromatic N) is 2. The summed E-state index contributed by atoms with van der Waals surface area (Å²) < 4.78 is 44.8. The smallest absolute Gasteiger partial charge is 0.433 e. The summed E-state index contributed by atoms with van der Waals surface area (Å²) in [4.78, 5) is 17.7. The Bertz CT molecular complexity index is 913. The van der Waals surface area contributed by atoms with E-state index >= 15 is 0 Å². The summed E-state index contributed by atoms with van der Waals surface area (Å²) in [6, 6.07) is 11.5. The van der Waals surface area contributed by atoms with Crippen molar-refractivity contribution in [2.75, 3.05) is 18.0 Å². The summed E-state index contributed by atoms with van der Waals surface area (Å²) in [5.41, 5.74) is 0.115. The number of alkyl halides is 3. The molecule has 5 nitrogen and oxygen atoms in total. The van der Waals surface area contributed by atoms with Gasteiger partial charge in [0.2, 0.25) is 5.91 Å². The molecule has 1 unspecified atom stereocenters. The minimum atomic E-state index is -4.46. The second-order valence-corrected chi connectivity index (χ2v) is 8.28. The van der Waals surface area contributed by atoms with Crippen LogP contribution in [0.2, 0.25) is 0 Å². The lowest BCUT2D eigenvalue weighted by atomic mass is 9.84. The third kappa shape index (κ3) is 5.11. The van der Waals surface area contributed by atoms with Crippen molar-refractivity contribution in [2.24, 2.45) is 5.92 Å². The molecule has 1 aromatic carbocycles. The number of halogens is 3. The number of carbonyl (C=O) groups excluding carboxylic acids is 1. The van der Waals surface area contributed by atoms with Gasteiger partial charge in [0.05, 0.1) is 12.6 Å². The van der Waals surface area contributed by atoms with E-state index in [1.54, 1.807) is 6.07 Å². The number of aromatic nitrogens is 1. The topological polar surface area (TPSA) is 54.5 Å². The van der Waals surface area contributed by atoms with E-state index in [0.717, 1.165) is 30.9 Å². The molecule has 1 saturated heterocycles. The van der Waals surface area contributed by atoms with E-state index in [1.165, 1.54) is 6.07 Å². The first kappa shape index (κ1) is 21.5. The number of benzene rings is 1. The first-order chi connectivity index (χ1) is 14.8. The van der Waals surface area contributed by atoms with Crippen LogP contribution in [0.15, 0.2) is 42.5 Å². The van der Waals surface area contributed by atoms with Crippen LogP contribution in [0.4, 0.5) is 19.0 Å². The molecule has 2 fully saturated rings. The van der Waals surface area contributed by atoms with Crippen LogP contribution in [-0.4, -0.2) is 30.1 Å². The summed E-state index contributed by atoms with van der Waals surface area (Å²) in [7, 11) is 0. The number of rotatable bonds is 6. The Morgan fingerprint density at radius 1 is 1.16 bits per heavy atom. The van der Waals surface area contributed by atoms with Gasteiger partial charge < -0.3 is 15.0 Å². The number of carbonyl (C=O) groups is 1. The van der Waals surface area contributed by atoms with Crippen molar-refractivity contribution >= 4 is 11.7 Å². The minimum Gasteiger partial charge on any atom is -0.489 e. The molecule has 4 rings (SSSR count). The van der Waals surface area contributed by atoms with Crippen molar-refractivity contribution in [3.63, 3.8) is 0 Å². The van der Waals surface area contributed by atoms with Gasteiger partial charge in [0.25, 0.3) is 0 Å². The van der Waals surface area contributed by atoms with Gasteiger partial charge in [0, 0.05) is 18.9 Å². The van der Waals surface area contributed by atoms with E-state index < -0.39 is 11.9 Å². The quantitative estimate of drug-likeness (QED) is 0.715. The van der Waals surface area contributed by atoms with Crippen molar-refractivity contribution < 1.29 is 22.7 Å². The van der Waals surface area contributed by atoms with Gasteiger partial charge in [-0.25, -0.2) is 4.98 Å². The van der Waals surface area contributed by atoms with E-state index in [9.17, 15) is 18.0 Å². The lowest BCUT2D eigenvalue weighted by molar-refractivity contribution is -0.141. The Kier molecular flexibility index (Phi) is 6.07. The Labute approximate surface area is 179 Å². The molecule has 2 aliphatic rings. The normalized spacial score (nSPS) is 20.3. The van der Waals surface area contributed by atoms with Crippen LogP contribution >= 0.6 is 0 Å². The molecule has 0 radical (unpaired) electrons. The van der Waals surface area contributed by atoms with E-state index in [-0.39, 0.29) is 24.0 Å². The van der Waals surface area contributed by atoms with Gasteiger partial charge in [-0.15, -0.1) is 0 Å². The second-order valence-electron chi connectivity index (χ2n) is 8.28. The maximum Gasteiger partial charge on any atom is 0.433 e. The Morgan fingerprint density at radius 3 is 2.55 bits per heavy atom. The molecule has 31 heavy (non-hydrogen) atoms. The predicted octanol–water partition coefficient (Wildman–Crippen LogP) is 4.74. The molecule has 8 heteroatoms. The molecule has 0 spiro atoms. The van der Waals surface area contributed by atoms with Gasteiger partial charge in [-0.3, -0.25) is 4.79 Å². The van der Waals surface area contributed by atoms with Crippen LogP contribution < -0.4 is 15.0 Å². The number of nitrogens with one attached hydrogen (secondary N) is 1. The van der Waals surface area contributed by atoms with E-state index in [4.69, 9.17) is 4.74 Å². The molecule has 1 N–H and O–H groups in total. The van der Waals surface area contributed by atoms with Gasteiger partial charge in [-0.05, 0) is 49.6 Å². The van der Waals surface area contributed by atoms with E-state index in [0.29, 0.717) is 31.1 Å². The van der Waals surface area contributed by atoms with Crippen LogP contribution in [0.25, 0.3) is 0 Å². The highest BCUT2D eigenvalue weighted by atomic mass is 19.4. The van der Waals surface area contributed by atoms with E-state index in [1.807, 2.05) is 36.1 Å². The van der Waals surface area contributed by atoms with Crippen LogP contribution in [-0.2, 0) is 11.0 Å². The van der Waals surface area contributed by atoms with E-state index in [2.05, 4.69) is 10.3 Å². The molecular formula is C23H26F3N3O2. The minimum absolute atomic E-state index is 0.0731. The molecule has 2 heterocycles. The summed E-state index contributed by atoms with van der Waals surface area (Å²) in [5, 5.41) is 3.06. The molecule has 1 aliphatic heterocycles. The third-order valence-corrected chi connectivity index (χ3v) is 6.01. The molecule has 1 saturated carbocycles. The number of anilines is 1. The zero-order valence-corrected chi connectivity index (χ0v) is 17.4. The van der Waals surface area contributed by atoms with Crippen molar-refractivity contribution in [3.05, 3.63) is 53.7 Å². The Balaban J connectivity index is 1.31. The largest absolute Gasteiger partial charge is 0.489 e. The molecule has 2 aromatic rings. The lowest BCUT2D eigenvalue weighted by Gasteiger charge is -2.26. The van der Waals surface area contributed by atoms with Crippen molar-refractivity contribution in [3.8, 4) is 5.75 Å². The highest BCUT2D eigenvalue weighted by Gasteiger charge is 2.34. The fourth-order valence-electron chi connectivity index (χ4n) is 3.90. The number of ether oxygens (including phenoxy) is 1. The fraction of sp³-hybridized carbons (Fsp3) is 0.478. The number of pyridine rings is 1. The average Bonchev–Trinajstić information content (AvgIpc) is 3.15. The molecule has 166 valence electrons. The van der Waals surface area contributed by atoms with Crippen LogP contribution in [0.1, 0.15) is 49.9 Å². The molecule has 2 atom stereocenters. The molecule has 1 aliphatic carbocycles. The zero-order chi connectivity index (χ0) is 22.0. The van der Waals surface area contributed by atoms with Gasteiger partial charge in [-0.2, -0.15) is 13.2 Å². The van der Waals surface area contributed by atoms with Gasteiger partial charge >= 0.3 is 6.18 Å². The second kappa shape index (κ2) is 8.77. The fourth-order valence-corrected chi connectivity index (χ4v) is 3.90. The molecular weight excluding hydrogens is 407 g/mol. The van der Waals surface area contributed by atoms with Crippen molar-refractivity contribution in [1.82, 2.24) is 10.3 Å². The zero-order valence-electron chi connectivity index (χ0n) is 17.4. The lowest BCUT2D eigenvalue weighted by Crippen LogP contribution is -2.35. The Hall–Kier alpha value is -2.77. The number of hydrogen-bond donors (Lipinski definition) is 1. The number of hydrogen-bond acceptors (Lipinski definition) is 4. The third-order valence-electron chi connectivity index (χ3n) is 6.01. The van der Waals surface area contributed by atoms with Gasteiger partial charge in [-0.1, -0.05) is 24.6 Å². The summed E-state index contributed by atoms with van der Waals surface area (Å²) in [5.74, 6) is 1.28. The van der Waals surface area contributed by atoms with Crippen LogP contribution in [0.5, 0.6) is 5.75 Å². The number of amides is 1. The molecule has 0 bridgehead atoms. The van der Waals surface area contributed by atoms with Gasteiger partial charge in [0.1, 0.15) is 23.4 Å². The average molecular weight is 433 g/mol. The standard InChI is InChI=1S/C23H26F3N3O2/c1-15(27-22(30)17-4-2-5-17)16-8-10-18(11-9-16)31-19-12-13-29(14-19)21-7-3-6-20(28-21)23(24,25)26/h3,6-11,15,17,19H,2,4-5,12-14H2,1H3,(H,27,30)/t15-,19?/m0/s1. The van der Waals surface area contributed by atoms with Crippen molar-refractivity contribution in [1.29, 1.82) is 0 Å². The molecule has 1 amide bonds. The summed E-state index contributed by atoms with van der Waals surface area (Å²) in [6.07, 6.45) is -0.812. The maximum atomic E-state index is 12.9. The van der Waals surface area contributed by atoms with Crippen molar-refractivity contribution in [2.45, 2.75) is 50.9 Å². The highest BCUT2D eigenvalue weighted by Crippen LogP contribution is 2.30. The first-order valence-corrected chi connectivity index (χ1v) is 10.7. The SMILES string of the molecule is C[C@H](NC(=O)C1CCC1)c1ccc(OC2CCN(c3cccc(C(F)(F)F)n3)C2)cc1. The highest BCUT2D eigenvalue weighted by molar-refractivity contribution is 5.79. The maximum absolute atomic E-state index is 12.9.